The van der Waals surface area contributed by atoms with Crippen LogP contribution in [0.2, 0.25) is 0 Å². The predicted octanol–water partition coefficient (Wildman–Crippen LogP) is 4.83. The Labute approximate surface area is 258 Å². The minimum Gasteiger partial charge on any atom is -0.463 e. The van der Waals surface area contributed by atoms with Crippen LogP contribution in [-0.2, 0) is 9.53 Å². The van der Waals surface area contributed by atoms with Gasteiger partial charge in [-0.2, -0.15) is 0 Å². The van der Waals surface area contributed by atoms with Crippen LogP contribution < -0.4 is 24.4 Å². The molecule has 0 fully saturated rings. The third-order valence-corrected chi connectivity index (χ3v) is 8.31. The fraction of sp³-hybridized carbons (Fsp3) is 0.121. The van der Waals surface area contributed by atoms with Crippen molar-refractivity contribution in [3.63, 3.8) is 0 Å². The maximum Gasteiger partial charge on any atom is 0.338 e. The van der Waals surface area contributed by atoms with Crippen molar-refractivity contribution in [3.8, 4) is 22.8 Å². The van der Waals surface area contributed by atoms with Crippen LogP contribution in [0.3, 0.4) is 0 Å². The SMILES string of the molecule is CCOC(=O)C1=C(c2ccccc2)N=c2s/c(=C\c3ccc(-c4cccc([N+](=O)[O-])c4)o3)c(=O)n2C1c1ccc2c(c1)OCO2. The molecule has 1 atom stereocenters. The molecular weight excluding hydrogens is 598 g/mol. The van der Waals surface area contributed by atoms with Gasteiger partial charge >= 0.3 is 5.97 Å². The van der Waals surface area contributed by atoms with Crippen molar-refractivity contribution in [2.45, 2.75) is 13.0 Å². The summed E-state index contributed by atoms with van der Waals surface area (Å²) in [6.07, 6.45) is 1.59. The lowest BCUT2D eigenvalue weighted by atomic mass is 9.93. The Bertz CT molecular complexity index is 2200. The lowest BCUT2D eigenvalue weighted by Gasteiger charge is -2.26. The first kappa shape index (κ1) is 28.0. The van der Waals surface area contributed by atoms with E-state index in [-0.39, 0.29) is 30.2 Å². The molecule has 12 heteroatoms. The molecule has 0 N–H and O–H groups in total. The van der Waals surface area contributed by atoms with Gasteiger partial charge in [0.1, 0.15) is 11.5 Å². The van der Waals surface area contributed by atoms with Crippen LogP contribution in [0.4, 0.5) is 5.69 Å². The van der Waals surface area contributed by atoms with Crippen molar-refractivity contribution >= 4 is 34.8 Å². The standard InChI is InChI=1S/C33H23N3O8S/c1-2-41-32(38)28-29(19-7-4-3-5-8-19)34-33-35(30(28)21-11-13-25-26(16-21)43-18-42-25)31(37)27(45-33)17-23-12-14-24(44-23)20-9-6-10-22(15-20)36(39)40/h3-17,30H,2,18H2,1H3/b27-17-. The van der Waals surface area contributed by atoms with Crippen molar-refractivity contribution in [1.29, 1.82) is 0 Å². The number of fused-ring (bicyclic) bond motifs is 2. The van der Waals surface area contributed by atoms with E-state index in [4.69, 9.17) is 23.6 Å². The zero-order chi connectivity index (χ0) is 31.1. The van der Waals surface area contributed by atoms with Gasteiger partial charge in [-0.3, -0.25) is 19.5 Å². The number of carbonyl (C=O) groups excluding carboxylic acids is 1. The number of carbonyl (C=O) groups is 1. The van der Waals surface area contributed by atoms with E-state index in [9.17, 15) is 19.7 Å². The lowest BCUT2D eigenvalue weighted by molar-refractivity contribution is -0.384. The minimum atomic E-state index is -0.885. The predicted molar refractivity (Wildman–Crippen MR) is 164 cm³/mol. The van der Waals surface area contributed by atoms with Gasteiger partial charge in [-0.05, 0) is 36.8 Å². The van der Waals surface area contributed by atoms with Crippen molar-refractivity contribution < 1.29 is 28.3 Å². The molecule has 3 aromatic carbocycles. The number of ether oxygens (including phenoxy) is 3. The molecule has 2 aliphatic rings. The summed E-state index contributed by atoms with van der Waals surface area (Å²) >= 11 is 1.15. The van der Waals surface area contributed by atoms with Crippen LogP contribution in [0.5, 0.6) is 11.5 Å². The Morgan fingerprint density at radius 1 is 1.04 bits per heavy atom. The molecule has 4 heterocycles. The van der Waals surface area contributed by atoms with Gasteiger partial charge in [0.25, 0.3) is 11.2 Å². The number of non-ortho nitro benzene ring substituents is 1. The zero-order valence-corrected chi connectivity index (χ0v) is 24.5. The number of hydrogen-bond acceptors (Lipinski definition) is 10. The average molecular weight is 622 g/mol. The lowest BCUT2D eigenvalue weighted by Crippen LogP contribution is -2.40. The molecule has 0 saturated carbocycles. The summed E-state index contributed by atoms with van der Waals surface area (Å²) in [6, 6.07) is 23.1. The number of hydrogen-bond donors (Lipinski definition) is 0. The quantitative estimate of drug-likeness (QED) is 0.143. The van der Waals surface area contributed by atoms with E-state index in [1.165, 1.54) is 16.7 Å². The number of nitro groups is 1. The highest BCUT2D eigenvalue weighted by Crippen LogP contribution is 2.40. The van der Waals surface area contributed by atoms with Crippen molar-refractivity contribution in [2.75, 3.05) is 13.4 Å². The molecule has 7 rings (SSSR count). The largest absolute Gasteiger partial charge is 0.463 e. The van der Waals surface area contributed by atoms with Gasteiger partial charge in [0, 0.05) is 29.3 Å². The Balaban J connectivity index is 1.41. The Hall–Kier alpha value is -5.75. The highest BCUT2D eigenvalue weighted by Gasteiger charge is 2.36. The Kier molecular flexibility index (Phi) is 7.10. The van der Waals surface area contributed by atoms with Gasteiger partial charge in [0.2, 0.25) is 6.79 Å². The topological polar surface area (TPSA) is 135 Å². The summed E-state index contributed by atoms with van der Waals surface area (Å²) in [7, 11) is 0. The van der Waals surface area contributed by atoms with E-state index in [0.717, 1.165) is 11.3 Å². The highest BCUT2D eigenvalue weighted by atomic mass is 32.1. The zero-order valence-electron chi connectivity index (χ0n) is 23.7. The molecule has 0 aliphatic carbocycles. The first-order valence-electron chi connectivity index (χ1n) is 13.9. The molecule has 11 nitrogen and oxygen atoms in total. The van der Waals surface area contributed by atoms with Crippen LogP contribution in [-0.4, -0.2) is 28.9 Å². The van der Waals surface area contributed by atoms with Crippen molar-refractivity contribution in [1.82, 2.24) is 4.57 Å². The van der Waals surface area contributed by atoms with Crippen LogP contribution >= 0.6 is 11.3 Å². The summed E-state index contributed by atoms with van der Waals surface area (Å²) < 4.78 is 24.4. The highest BCUT2D eigenvalue weighted by molar-refractivity contribution is 7.07. The molecule has 0 radical (unpaired) electrons. The molecule has 0 bridgehead atoms. The van der Waals surface area contributed by atoms with Crippen LogP contribution in [0.25, 0.3) is 23.1 Å². The van der Waals surface area contributed by atoms with Gasteiger partial charge in [-0.25, -0.2) is 9.79 Å². The van der Waals surface area contributed by atoms with Gasteiger partial charge in [0.15, 0.2) is 16.3 Å². The first-order chi connectivity index (χ1) is 21.9. The molecule has 2 aromatic heterocycles. The molecule has 224 valence electrons. The molecule has 0 spiro atoms. The van der Waals surface area contributed by atoms with Gasteiger partial charge in [-0.15, -0.1) is 0 Å². The van der Waals surface area contributed by atoms with Gasteiger partial charge < -0.3 is 18.6 Å². The summed E-state index contributed by atoms with van der Waals surface area (Å²) in [5.41, 5.74) is 2.00. The number of esters is 1. The fourth-order valence-corrected chi connectivity index (χ4v) is 6.31. The van der Waals surface area contributed by atoms with E-state index < -0.39 is 16.9 Å². The number of rotatable bonds is 7. The molecule has 0 amide bonds. The maximum atomic E-state index is 14.1. The maximum absolute atomic E-state index is 14.1. The van der Waals surface area contributed by atoms with E-state index >= 15 is 0 Å². The van der Waals surface area contributed by atoms with E-state index in [0.29, 0.717) is 54.7 Å². The summed E-state index contributed by atoms with van der Waals surface area (Å²) in [6.45, 7) is 1.92. The number of nitro benzene ring substituents is 1. The normalized spacial score (nSPS) is 15.5. The molecular formula is C33H23N3O8S. The monoisotopic (exact) mass is 621 g/mol. The number of thiazole rings is 1. The average Bonchev–Trinajstić information content (AvgIpc) is 3.80. The molecule has 45 heavy (non-hydrogen) atoms. The van der Waals surface area contributed by atoms with E-state index in [1.54, 1.807) is 55.5 Å². The number of benzene rings is 3. The Morgan fingerprint density at radius 2 is 1.84 bits per heavy atom. The molecule has 5 aromatic rings. The number of furan rings is 1. The first-order valence-corrected chi connectivity index (χ1v) is 14.8. The molecule has 2 aliphatic heterocycles. The third kappa shape index (κ3) is 5.10. The second kappa shape index (κ2) is 11.4. The number of nitrogens with zero attached hydrogens (tertiary/aromatic N) is 3. The number of aromatic nitrogens is 1. The summed E-state index contributed by atoms with van der Waals surface area (Å²) in [5.74, 6) is 1.25. The summed E-state index contributed by atoms with van der Waals surface area (Å²) in [5, 5.41) is 11.2. The second-order valence-electron chi connectivity index (χ2n) is 10.1. The molecule has 0 saturated heterocycles. The van der Waals surface area contributed by atoms with E-state index in [2.05, 4.69) is 0 Å². The summed E-state index contributed by atoms with van der Waals surface area (Å²) in [4.78, 5) is 43.8. The fourth-order valence-electron chi connectivity index (χ4n) is 5.33. The van der Waals surface area contributed by atoms with Gasteiger partial charge in [-0.1, -0.05) is 59.9 Å². The van der Waals surface area contributed by atoms with Crippen LogP contribution in [0.1, 0.15) is 29.9 Å². The minimum absolute atomic E-state index is 0.0612. The van der Waals surface area contributed by atoms with Gasteiger partial charge in [0.05, 0.1) is 33.4 Å². The van der Waals surface area contributed by atoms with E-state index in [1.807, 2.05) is 30.3 Å². The smallest absolute Gasteiger partial charge is 0.338 e. The van der Waals surface area contributed by atoms with Crippen LogP contribution in [0.15, 0.2) is 105 Å². The second-order valence-corrected chi connectivity index (χ2v) is 11.1. The Morgan fingerprint density at radius 3 is 2.64 bits per heavy atom. The molecule has 1 unspecified atom stereocenters. The van der Waals surface area contributed by atoms with Crippen molar-refractivity contribution in [3.05, 3.63) is 137 Å². The third-order valence-electron chi connectivity index (χ3n) is 7.33. The van der Waals surface area contributed by atoms with Crippen molar-refractivity contribution in [2.24, 2.45) is 4.99 Å². The van der Waals surface area contributed by atoms with Crippen LogP contribution in [0, 0.1) is 10.1 Å².